The first-order chi connectivity index (χ1) is 17.0. The number of hydrogen-bond acceptors (Lipinski definition) is 7. The van der Waals surface area contributed by atoms with Gasteiger partial charge in [-0.15, -0.1) is 0 Å². The van der Waals surface area contributed by atoms with E-state index < -0.39 is 14.7 Å². The highest BCUT2D eigenvalue weighted by Crippen LogP contribution is 2.32. The number of rotatable bonds is 27. The average molecular weight is 522 g/mol. The molecule has 7 nitrogen and oxygen atoms in total. The Kier molecular flexibility index (Phi) is 26.5. The van der Waals surface area contributed by atoms with Gasteiger partial charge in [-0.3, -0.25) is 4.79 Å². The molecule has 0 saturated heterocycles. The van der Waals surface area contributed by atoms with Crippen LogP contribution in [-0.2, 0) is 23.3 Å². The molecule has 0 spiro atoms. The third-order valence-electron chi connectivity index (χ3n) is 5.89. The van der Waals surface area contributed by atoms with Crippen molar-refractivity contribution in [3.05, 3.63) is 0 Å². The summed E-state index contributed by atoms with van der Waals surface area (Å²) in [7, 11) is 1.87. The van der Waals surface area contributed by atoms with E-state index in [4.69, 9.17) is 18.5 Å². The number of likely N-dealkylation sites (N-methyl/N-ethyl adjacent to an activating group) is 1. The first-order valence-electron chi connectivity index (χ1n) is 14.1. The maximum Gasteiger partial charge on any atom is 0.330 e. The van der Waals surface area contributed by atoms with Crippen LogP contribution in [0.3, 0.4) is 0 Å². The number of carbonyl (C=O) groups excluding carboxylic acids is 1. The Morgan fingerprint density at radius 1 is 0.743 bits per heavy atom. The third kappa shape index (κ3) is 28.1. The van der Waals surface area contributed by atoms with Crippen molar-refractivity contribution >= 4 is 14.6 Å². The maximum absolute atomic E-state index is 11.3. The molecular weight excluding hydrogens is 465 g/mol. The van der Waals surface area contributed by atoms with Crippen molar-refractivity contribution < 1.29 is 28.2 Å². The number of unbranched alkanes of at least 4 members (excludes halogenated alkanes) is 15. The van der Waals surface area contributed by atoms with Gasteiger partial charge in [-0.25, -0.2) is 0 Å². The molecule has 35 heavy (non-hydrogen) atoms. The Hall–Kier alpha value is -0.300. The largest absolute Gasteiger partial charge is 0.458 e. The minimum absolute atomic E-state index is 0.0582. The van der Waals surface area contributed by atoms with E-state index in [9.17, 15) is 9.69 Å². The number of ether oxygens (including phenoxy) is 2. The molecule has 210 valence electrons. The topological polar surface area (TPSA) is 77.5 Å². The zero-order chi connectivity index (χ0) is 26.0. The van der Waals surface area contributed by atoms with Crippen molar-refractivity contribution in [3.63, 3.8) is 0 Å². The number of hydrogen-bond donors (Lipinski definition) is 1. The molecule has 1 N–H and O–H groups in total. The normalized spacial score (nSPS) is 13.3. The van der Waals surface area contributed by atoms with Crippen LogP contribution in [-0.4, -0.2) is 68.9 Å². The Balaban J connectivity index is 3.53. The molecular formula is C27H56NO6P. The lowest BCUT2D eigenvalue weighted by atomic mass is 10.0. The zero-order valence-electron chi connectivity index (χ0n) is 23.3. The smallest absolute Gasteiger partial charge is 0.330 e. The Morgan fingerprint density at radius 2 is 1.23 bits per heavy atom. The molecule has 0 radical (unpaired) electrons. The summed E-state index contributed by atoms with van der Waals surface area (Å²) in [5.41, 5.74) is 0. The molecule has 0 amide bonds. The van der Waals surface area contributed by atoms with Crippen molar-refractivity contribution in [1.29, 1.82) is 0 Å². The summed E-state index contributed by atoms with van der Waals surface area (Å²) in [6.07, 6.45) is 20.9. The fourth-order valence-corrected chi connectivity index (χ4v) is 4.41. The van der Waals surface area contributed by atoms with Crippen molar-refractivity contribution in [2.45, 2.75) is 123 Å². The molecule has 0 fully saturated rings. The third-order valence-corrected chi connectivity index (χ3v) is 6.66. The van der Waals surface area contributed by atoms with E-state index in [1.807, 2.05) is 19.0 Å². The molecule has 2 atom stereocenters. The van der Waals surface area contributed by atoms with Crippen LogP contribution in [0.15, 0.2) is 0 Å². The molecule has 0 aliphatic carbocycles. The SMILES string of the molecule is CCCCCCCCCCCCCCCCCCOCC(COP(O)OCCN(C)C)OC(C)=O. The van der Waals surface area contributed by atoms with Crippen LogP contribution in [0.5, 0.6) is 0 Å². The molecule has 0 aromatic heterocycles. The van der Waals surface area contributed by atoms with Gasteiger partial charge in [0.2, 0.25) is 0 Å². The molecule has 2 unspecified atom stereocenters. The quantitative estimate of drug-likeness (QED) is 0.0707. The standard InChI is InChI=1S/C27H56NO6P/c1-5-6-7-8-9-10-11-12-13-14-15-16-17-18-19-20-22-31-24-27(34-26(2)29)25-33-35(30)32-23-21-28(3)4/h27,30H,5-25H2,1-4H3. The molecule has 0 aliphatic heterocycles. The summed E-state index contributed by atoms with van der Waals surface area (Å²) < 4.78 is 21.4. The second kappa shape index (κ2) is 26.8. The fraction of sp³-hybridized carbons (Fsp3) is 0.963. The lowest BCUT2D eigenvalue weighted by molar-refractivity contribution is -0.151. The molecule has 0 aliphatic rings. The number of carbonyl (C=O) groups is 1. The van der Waals surface area contributed by atoms with Crippen LogP contribution in [0.1, 0.15) is 117 Å². The molecule has 0 rings (SSSR count). The van der Waals surface area contributed by atoms with Gasteiger partial charge in [0.25, 0.3) is 0 Å². The van der Waals surface area contributed by atoms with E-state index in [0.717, 1.165) is 12.8 Å². The van der Waals surface area contributed by atoms with E-state index in [-0.39, 0.29) is 19.2 Å². The van der Waals surface area contributed by atoms with Gasteiger partial charge in [-0.2, -0.15) is 0 Å². The van der Waals surface area contributed by atoms with E-state index in [1.54, 1.807) is 0 Å². The Labute approximate surface area is 217 Å². The van der Waals surface area contributed by atoms with Crippen LogP contribution in [0.2, 0.25) is 0 Å². The molecule has 8 heteroatoms. The van der Waals surface area contributed by atoms with Crippen LogP contribution in [0.4, 0.5) is 0 Å². The van der Waals surface area contributed by atoms with Crippen LogP contribution >= 0.6 is 8.60 Å². The van der Waals surface area contributed by atoms with Crippen molar-refractivity contribution in [1.82, 2.24) is 4.90 Å². The van der Waals surface area contributed by atoms with Crippen LogP contribution in [0, 0.1) is 0 Å². The number of esters is 1. The molecule has 0 saturated carbocycles. The zero-order valence-corrected chi connectivity index (χ0v) is 24.2. The molecule has 0 aromatic rings. The Morgan fingerprint density at radius 3 is 1.69 bits per heavy atom. The van der Waals surface area contributed by atoms with Crippen molar-refractivity contribution in [2.24, 2.45) is 0 Å². The van der Waals surface area contributed by atoms with Gasteiger partial charge in [0.05, 0.1) is 19.8 Å². The summed E-state index contributed by atoms with van der Waals surface area (Å²) in [5, 5.41) is 0. The highest BCUT2D eigenvalue weighted by Gasteiger charge is 2.17. The van der Waals surface area contributed by atoms with E-state index in [0.29, 0.717) is 19.8 Å². The summed E-state index contributed by atoms with van der Waals surface area (Å²) in [6, 6.07) is 0. The lowest BCUT2D eigenvalue weighted by Crippen LogP contribution is -2.27. The van der Waals surface area contributed by atoms with Gasteiger partial charge in [0.15, 0.2) is 0 Å². The number of nitrogens with zero attached hydrogens (tertiary/aromatic N) is 1. The first kappa shape index (κ1) is 34.7. The van der Waals surface area contributed by atoms with Gasteiger partial charge in [0, 0.05) is 20.1 Å². The highest BCUT2D eigenvalue weighted by molar-refractivity contribution is 7.40. The summed E-state index contributed by atoms with van der Waals surface area (Å²) in [4.78, 5) is 23.1. The van der Waals surface area contributed by atoms with Gasteiger partial charge in [0.1, 0.15) is 6.10 Å². The highest BCUT2D eigenvalue weighted by atomic mass is 31.2. The first-order valence-corrected chi connectivity index (χ1v) is 15.2. The predicted octanol–water partition coefficient (Wildman–Crippen LogP) is 7.01. The van der Waals surface area contributed by atoms with E-state index >= 15 is 0 Å². The van der Waals surface area contributed by atoms with E-state index in [2.05, 4.69) is 6.92 Å². The molecule has 0 aromatic carbocycles. The summed E-state index contributed by atoms with van der Waals surface area (Å²) >= 11 is 0. The average Bonchev–Trinajstić information content (AvgIpc) is 2.81. The van der Waals surface area contributed by atoms with Gasteiger partial charge in [-0.1, -0.05) is 103 Å². The second-order valence-electron chi connectivity index (χ2n) is 9.78. The van der Waals surface area contributed by atoms with Crippen LogP contribution < -0.4 is 0 Å². The lowest BCUT2D eigenvalue weighted by Gasteiger charge is -2.19. The molecule has 0 heterocycles. The molecule has 0 bridgehead atoms. The Bertz CT molecular complexity index is 455. The van der Waals surface area contributed by atoms with Crippen LogP contribution in [0.25, 0.3) is 0 Å². The van der Waals surface area contributed by atoms with Gasteiger partial charge >= 0.3 is 14.6 Å². The minimum atomic E-state index is -1.98. The van der Waals surface area contributed by atoms with E-state index in [1.165, 1.54) is 96.8 Å². The predicted molar refractivity (Wildman–Crippen MR) is 146 cm³/mol. The fourth-order valence-electron chi connectivity index (χ4n) is 3.80. The monoisotopic (exact) mass is 521 g/mol. The van der Waals surface area contributed by atoms with Crippen molar-refractivity contribution in [2.75, 3.05) is 47.1 Å². The van der Waals surface area contributed by atoms with Crippen molar-refractivity contribution in [3.8, 4) is 0 Å². The minimum Gasteiger partial charge on any atom is -0.458 e. The second-order valence-corrected chi connectivity index (χ2v) is 10.8. The maximum atomic E-state index is 11.3. The summed E-state index contributed by atoms with van der Waals surface area (Å²) in [6.45, 7) is 5.67. The summed E-state index contributed by atoms with van der Waals surface area (Å²) in [5.74, 6) is -0.389. The van der Waals surface area contributed by atoms with Gasteiger partial charge < -0.3 is 28.3 Å². The van der Waals surface area contributed by atoms with Gasteiger partial charge in [-0.05, 0) is 20.5 Å².